The van der Waals surface area contributed by atoms with E-state index in [1.165, 1.54) is 12.8 Å². The first kappa shape index (κ1) is 11.6. The maximum Gasteiger partial charge on any atom is 0.211 e. The van der Waals surface area contributed by atoms with Crippen molar-refractivity contribution in [2.45, 2.75) is 32.2 Å². The molecule has 5 nitrogen and oxygen atoms in total. The minimum Gasteiger partial charge on any atom is -0.333 e. The molecule has 0 aliphatic heterocycles. The monoisotopic (exact) mass is 243 g/mol. The Kier molecular flexibility index (Phi) is 3.30. The highest BCUT2D eigenvalue weighted by Gasteiger charge is 2.27. The number of hydrogen-bond donors (Lipinski definition) is 1. The Hall–Kier alpha value is -0.880. The first-order valence-electron chi connectivity index (χ1n) is 5.61. The lowest BCUT2D eigenvalue weighted by Gasteiger charge is -2.08. The molecule has 1 aromatic rings. The van der Waals surface area contributed by atoms with Crippen LogP contribution < -0.4 is 4.72 Å². The Morgan fingerprint density at radius 2 is 2.31 bits per heavy atom. The van der Waals surface area contributed by atoms with Crippen molar-refractivity contribution < 1.29 is 8.42 Å². The van der Waals surface area contributed by atoms with Crippen molar-refractivity contribution in [3.05, 3.63) is 18.2 Å². The van der Waals surface area contributed by atoms with Crippen LogP contribution in [0, 0.1) is 0 Å². The first-order chi connectivity index (χ1) is 7.62. The lowest BCUT2D eigenvalue weighted by atomic mass is 10.4. The molecule has 2 rings (SSSR count). The van der Waals surface area contributed by atoms with Crippen LogP contribution >= 0.6 is 0 Å². The van der Waals surface area contributed by atoms with Gasteiger partial charge in [0.2, 0.25) is 10.0 Å². The van der Waals surface area contributed by atoms with Crippen LogP contribution in [-0.2, 0) is 16.6 Å². The number of nitrogens with one attached hydrogen (secondary N) is 1. The van der Waals surface area contributed by atoms with Gasteiger partial charge in [0, 0.05) is 31.4 Å². The Labute approximate surface area is 95.9 Å². The van der Waals surface area contributed by atoms with Crippen LogP contribution in [0.2, 0.25) is 0 Å². The Balaban J connectivity index is 1.87. The molecule has 1 heterocycles. The molecule has 0 aromatic carbocycles. The van der Waals surface area contributed by atoms with Crippen LogP contribution in [0.15, 0.2) is 12.4 Å². The zero-order valence-electron chi connectivity index (χ0n) is 9.39. The van der Waals surface area contributed by atoms with Gasteiger partial charge in [-0.3, -0.25) is 0 Å². The maximum atomic E-state index is 11.2. The van der Waals surface area contributed by atoms with E-state index in [1.54, 1.807) is 13.1 Å². The van der Waals surface area contributed by atoms with Gasteiger partial charge in [-0.2, -0.15) is 0 Å². The summed E-state index contributed by atoms with van der Waals surface area (Å²) in [5.74, 6) is 1.82. The fourth-order valence-electron chi connectivity index (χ4n) is 1.63. The van der Waals surface area contributed by atoms with Crippen molar-refractivity contribution in [1.82, 2.24) is 14.3 Å². The second kappa shape index (κ2) is 4.55. The van der Waals surface area contributed by atoms with Crippen molar-refractivity contribution in [3.8, 4) is 0 Å². The zero-order chi connectivity index (χ0) is 11.6. The summed E-state index contributed by atoms with van der Waals surface area (Å²) in [4.78, 5) is 4.30. The number of nitrogens with zero attached hydrogens (tertiary/aromatic N) is 2. The fourth-order valence-corrected chi connectivity index (χ4v) is 2.24. The number of rotatable bonds is 6. The van der Waals surface area contributed by atoms with E-state index in [1.807, 2.05) is 10.8 Å². The van der Waals surface area contributed by atoms with Gasteiger partial charge in [-0.15, -0.1) is 0 Å². The highest BCUT2D eigenvalue weighted by Crippen LogP contribution is 2.38. The third-order valence-corrected chi connectivity index (χ3v) is 4.15. The highest BCUT2D eigenvalue weighted by molar-refractivity contribution is 7.89. The molecule has 90 valence electrons. The Morgan fingerprint density at radius 1 is 1.56 bits per heavy atom. The third-order valence-electron chi connectivity index (χ3n) is 2.74. The van der Waals surface area contributed by atoms with Crippen LogP contribution in [0.5, 0.6) is 0 Å². The third kappa shape index (κ3) is 2.82. The van der Waals surface area contributed by atoms with Gasteiger partial charge in [0.25, 0.3) is 0 Å². The van der Waals surface area contributed by atoms with E-state index < -0.39 is 10.0 Å². The smallest absolute Gasteiger partial charge is 0.211 e. The fraction of sp³-hybridized carbons (Fsp3) is 0.700. The molecule has 0 bridgehead atoms. The van der Waals surface area contributed by atoms with Gasteiger partial charge in [0.1, 0.15) is 5.82 Å². The summed E-state index contributed by atoms with van der Waals surface area (Å²) in [5.41, 5.74) is 0. The molecule has 1 aromatic heterocycles. The summed E-state index contributed by atoms with van der Waals surface area (Å²) in [5, 5.41) is 0. The van der Waals surface area contributed by atoms with Gasteiger partial charge in [0.05, 0.1) is 5.75 Å². The van der Waals surface area contributed by atoms with E-state index in [2.05, 4.69) is 9.71 Å². The van der Waals surface area contributed by atoms with Crippen molar-refractivity contribution in [3.63, 3.8) is 0 Å². The van der Waals surface area contributed by atoms with Gasteiger partial charge in [-0.25, -0.2) is 18.1 Å². The molecule has 1 N–H and O–H groups in total. The van der Waals surface area contributed by atoms with Gasteiger partial charge >= 0.3 is 0 Å². The second-order valence-electron chi connectivity index (χ2n) is 4.05. The van der Waals surface area contributed by atoms with Gasteiger partial charge in [-0.05, 0) is 19.8 Å². The maximum absolute atomic E-state index is 11.2. The van der Waals surface area contributed by atoms with Crippen molar-refractivity contribution in [1.29, 1.82) is 0 Å². The van der Waals surface area contributed by atoms with Gasteiger partial charge in [-0.1, -0.05) is 0 Å². The zero-order valence-corrected chi connectivity index (χ0v) is 10.2. The lowest BCUT2D eigenvalue weighted by Crippen LogP contribution is -2.28. The van der Waals surface area contributed by atoms with E-state index >= 15 is 0 Å². The van der Waals surface area contributed by atoms with Crippen LogP contribution in [0.3, 0.4) is 0 Å². The minimum atomic E-state index is -3.07. The topological polar surface area (TPSA) is 64.0 Å². The second-order valence-corrected chi connectivity index (χ2v) is 6.15. The standard InChI is InChI=1S/C10H17N3O2S/c1-2-16(14,15)12-6-8-13-7-5-11-10(13)9-3-4-9/h5,7,9,12H,2-4,6,8H2,1H3. The summed E-state index contributed by atoms with van der Waals surface area (Å²) < 4.78 is 27.0. The van der Waals surface area contributed by atoms with Crippen molar-refractivity contribution in [2.75, 3.05) is 12.3 Å². The predicted molar refractivity (Wildman–Crippen MR) is 61.7 cm³/mol. The number of hydrogen-bond acceptors (Lipinski definition) is 3. The van der Waals surface area contributed by atoms with Gasteiger partial charge < -0.3 is 4.57 Å². The summed E-state index contributed by atoms with van der Waals surface area (Å²) in [6, 6.07) is 0. The van der Waals surface area contributed by atoms with Crippen LogP contribution in [0.1, 0.15) is 31.5 Å². The average Bonchev–Trinajstić information content (AvgIpc) is 2.99. The molecule has 0 amide bonds. The molecule has 0 unspecified atom stereocenters. The van der Waals surface area contributed by atoms with E-state index in [0.29, 0.717) is 19.0 Å². The van der Waals surface area contributed by atoms with E-state index in [4.69, 9.17) is 0 Å². The Morgan fingerprint density at radius 3 is 2.94 bits per heavy atom. The molecule has 0 atom stereocenters. The number of sulfonamides is 1. The van der Waals surface area contributed by atoms with Crippen LogP contribution in [-0.4, -0.2) is 30.3 Å². The lowest BCUT2D eigenvalue weighted by molar-refractivity contribution is 0.570. The minimum absolute atomic E-state index is 0.131. The molecular formula is C10H17N3O2S. The SMILES string of the molecule is CCS(=O)(=O)NCCn1ccnc1C1CC1. The Bertz CT molecular complexity index is 448. The molecule has 0 saturated heterocycles. The molecule has 1 aliphatic carbocycles. The molecular weight excluding hydrogens is 226 g/mol. The van der Waals surface area contributed by atoms with Crippen molar-refractivity contribution >= 4 is 10.0 Å². The summed E-state index contributed by atoms with van der Waals surface area (Å²) in [7, 11) is -3.07. The molecule has 1 aliphatic rings. The molecule has 1 saturated carbocycles. The van der Waals surface area contributed by atoms with Gasteiger partial charge in [0.15, 0.2) is 0 Å². The number of imidazole rings is 1. The first-order valence-corrected chi connectivity index (χ1v) is 7.26. The van der Waals surface area contributed by atoms with E-state index in [9.17, 15) is 8.42 Å². The highest BCUT2D eigenvalue weighted by atomic mass is 32.2. The molecule has 1 fully saturated rings. The van der Waals surface area contributed by atoms with Crippen LogP contribution in [0.25, 0.3) is 0 Å². The molecule has 0 radical (unpaired) electrons. The van der Waals surface area contributed by atoms with Crippen LogP contribution in [0.4, 0.5) is 0 Å². The quantitative estimate of drug-likeness (QED) is 0.800. The normalized spacial score (nSPS) is 16.6. The summed E-state index contributed by atoms with van der Waals surface area (Å²) in [6.07, 6.45) is 6.10. The van der Waals surface area contributed by atoms with E-state index in [0.717, 1.165) is 5.82 Å². The average molecular weight is 243 g/mol. The molecule has 6 heteroatoms. The largest absolute Gasteiger partial charge is 0.333 e. The summed E-state index contributed by atoms with van der Waals surface area (Å²) >= 11 is 0. The molecule has 0 spiro atoms. The number of aromatic nitrogens is 2. The van der Waals surface area contributed by atoms with Crippen molar-refractivity contribution in [2.24, 2.45) is 0 Å². The van der Waals surface area contributed by atoms with E-state index in [-0.39, 0.29) is 5.75 Å². The predicted octanol–water partition coefficient (Wildman–Crippen LogP) is 0.700. The molecule has 16 heavy (non-hydrogen) atoms. The summed E-state index contributed by atoms with van der Waals surface area (Å²) in [6.45, 7) is 2.73.